The van der Waals surface area contributed by atoms with Crippen molar-refractivity contribution in [1.29, 1.82) is 0 Å². The van der Waals surface area contributed by atoms with Gasteiger partial charge in [0.25, 0.3) is 0 Å². The van der Waals surface area contributed by atoms with Crippen LogP contribution in [0.1, 0.15) is 25.3 Å². The Hall–Kier alpha value is -3.75. The number of hydrogen-bond donors (Lipinski definition) is 3. The molecule has 0 aliphatic carbocycles. The Labute approximate surface area is 199 Å². The van der Waals surface area contributed by atoms with Crippen molar-refractivity contribution in [1.82, 2.24) is 15.5 Å². The van der Waals surface area contributed by atoms with E-state index in [4.69, 9.17) is 9.47 Å². The Morgan fingerprint density at radius 2 is 1.68 bits per heavy atom. The van der Waals surface area contributed by atoms with Crippen molar-refractivity contribution in [3.63, 3.8) is 0 Å². The predicted octanol–water partition coefficient (Wildman–Crippen LogP) is 2.56. The third kappa shape index (κ3) is 6.87. The normalized spacial score (nSPS) is 14.6. The molecule has 1 aliphatic rings. The Kier molecular flexibility index (Phi) is 8.73. The van der Waals surface area contributed by atoms with Crippen LogP contribution in [0.3, 0.4) is 0 Å². The van der Waals surface area contributed by atoms with Gasteiger partial charge in [0.05, 0.1) is 19.9 Å². The number of rotatable bonds is 8. The summed E-state index contributed by atoms with van der Waals surface area (Å²) in [6.07, 6.45) is 1.62. The summed E-state index contributed by atoms with van der Waals surface area (Å²) in [5, 5.41) is 8.66. The van der Waals surface area contributed by atoms with E-state index in [1.165, 1.54) is 6.92 Å². The van der Waals surface area contributed by atoms with Crippen LogP contribution in [0, 0.1) is 0 Å². The molecule has 3 N–H and O–H groups in total. The van der Waals surface area contributed by atoms with Crippen LogP contribution in [0.2, 0.25) is 0 Å². The number of methoxy groups -OCH3 is 2. The zero-order valence-electron chi connectivity index (χ0n) is 19.8. The highest BCUT2D eigenvalue weighted by Crippen LogP contribution is 2.24. The second kappa shape index (κ2) is 11.9. The number of likely N-dealkylation sites (tertiary alicyclic amines) is 1. The molecular weight excluding hydrogens is 436 g/mol. The van der Waals surface area contributed by atoms with Crippen molar-refractivity contribution in [2.24, 2.45) is 0 Å². The summed E-state index contributed by atoms with van der Waals surface area (Å²) in [6.45, 7) is 2.41. The first kappa shape index (κ1) is 24.9. The zero-order chi connectivity index (χ0) is 24.5. The number of benzene rings is 2. The predicted molar refractivity (Wildman–Crippen MR) is 129 cm³/mol. The summed E-state index contributed by atoms with van der Waals surface area (Å²) in [5.41, 5.74) is 1.53. The molecule has 0 aromatic heterocycles. The first-order valence-corrected chi connectivity index (χ1v) is 11.3. The van der Waals surface area contributed by atoms with E-state index in [0.29, 0.717) is 43.8 Å². The number of amides is 4. The number of nitrogens with one attached hydrogen (secondary N) is 3. The van der Waals surface area contributed by atoms with E-state index < -0.39 is 6.04 Å². The topological polar surface area (TPSA) is 109 Å². The number of urea groups is 1. The summed E-state index contributed by atoms with van der Waals surface area (Å²) in [6, 6.07) is 13.7. The average Bonchev–Trinajstić information content (AvgIpc) is 2.84. The molecule has 3 rings (SSSR count). The van der Waals surface area contributed by atoms with E-state index >= 15 is 0 Å². The molecule has 0 saturated carbocycles. The maximum atomic E-state index is 12.9. The van der Waals surface area contributed by atoms with Crippen LogP contribution in [-0.2, 0) is 16.0 Å². The first-order chi connectivity index (χ1) is 16.4. The van der Waals surface area contributed by atoms with Crippen LogP contribution in [0.4, 0.5) is 10.5 Å². The Morgan fingerprint density at radius 3 is 2.29 bits per heavy atom. The van der Waals surface area contributed by atoms with Crippen LogP contribution in [0.5, 0.6) is 11.5 Å². The van der Waals surface area contributed by atoms with Crippen LogP contribution >= 0.6 is 0 Å². The molecule has 182 valence electrons. The Morgan fingerprint density at radius 1 is 1.00 bits per heavy atom. The van der Waals surface area contributed by atoms with Crippen molar-refractivity contribution >= 4 is 23.5 Å². The molecule has 1 heterocycles. The second-order valence-electron chi connectivity index (χ2n) is 8.21. The number of carbonyl (C=O) groups is 3. The van der Waals surface area contributed by atoms with E-state index in [0.717, 1.165) is 11.3 Å². The molecule has 4 amide bonds. The van der Waals surface area contributed by atoms with Gasteiger partial charge in [-0.2, -0.15) is 0 Å². The molecule has 9 nitrogen and oxygen atoms in total. The highest BCUT2D eigenvalue weighted by Gasteiger charge is 2.27. The van der Waals surface area contributed by atoms with Crippen LogP contribution in [0.15, 0.2) is 48.5 Å². The van der Waals surface area contributed by atoms with Crippen molar-refractivity contribution in [2.75, 3.05) is 32.6 Å². The van der Waals surface area contributed by atoms with Crippen molar-refractivity contribution in [2.45, 2.75) is 38.3 Å². The van der Waals surface area contributed by atoms with Gasteiger partial charge in [-0.3, -0.25) is 9.59 Å². The molecule has 1 fully saturated rings. The molecule has 1 aliphatic heterocycles. The summed E-state index contributed by atoms with van der Waals surface area (Å²) in [4.78, 5) is 39.0. The highest BCUT2D eigenvalue weighted by atomic mass is 16.5. The molecular formula is C25H32N4O5. The van der Waals surface area contributed by atoms with E-state index in [1.54, 1.807) is 31.3 Å². The molecule has 0 unspecified atom stereocenters. The minimum absolute atomic E-state index is 0.0741. The fourth-order valence-corrected chi connectivity index (χ4v) is 3.92. The summed E-state index contributed by atoms with van der Waals surface area (Å²) < 4.78 is 10.5. The van der Waals surface area contributed by atoms with Crippen LogP contribution in [0.25, 0.3) is 0 Å². The van der Waals surface area contributed by atoms with Crippen LogP contribution < -0.4 is 25.4 Å². The number of anilines is 1. The molecule has 1 atom stereocenters. The van der Waals surface area contributed by atoms with Gasteiger partial charge >= 0.3 is 6.03 Å². The van der Waals surface area contributed by atoms with E-state index in [2.05, 4.69) is 16.0 Å². The van der Waals surface area contributed by atoms with Gasteiger partial charge in [-0.1, -0.05) is 24.3 Å². The lowest BCUT2D eigenvalue weighted by atomic mass is 10.0. The van der Waals surface area contributed by atoms with E-state index in [-0.39, 0.29) is 23.9 Å². The largest absolute Gasteiger partial charge is 0.497 e. The number of piperidine rings is 1. The van der Waals surface area contributed by atoms with E-state index in [1.807, 2.05) is 36.4 Å². The lowest BCUT2D eigenvalue weighted by Crippen LogP contribution is -2.53. The maximum absolute atomic E-state index is 12.9. The van der Waals surface area contributed by atoms with Crippen molar-refractivity contribution in [3.8, 4) is 11.5 Å². The van der Waals surface area contributed by atoms with Gasteiger partial charge in [-0.25, -0.2) is 4.79 Å². The summed E-state index contributed by atoms with van der Waals surface area (Å²) >= 11 is 0. The molecule has 34 heavy (non-hydrogen) atoms. The molecule has 0 radical (unpaired) electrons. The molecule has 2 aromatic rings. The van der Waals surface area contributed by atoms with Gasteiger partial charge in [0.1, 0.15) is 17.5 Å². The van der Waals surface area contributed by atoms with E-state index in [9.17, 15) is 14.4 Å². The Bertz CT molecular complexity index is 987. The molecule has 0 bridgehead atoms. The average molecular weight is 469 g/mol. The number of para-hydroxylation sites is 2. The highest BCUT2D eigenvalue weighted by molar-refractivity contribution is 5.91. The third-order valence-corrected chi connectivity index (χ3v) is 5.77. The standard InChI is InChI=1S/C25H32N4O5/c1-17(30)26-22(16-18-8-10-20(33-2)11-9-18)24(31)27-19-12-14-29(15-13-19)25(32)28-21-6-4-5-7-23(21)34-3/h4-11,19,22H,12-16H2,1-3H3,(H,26,30)(H,27,31)(H,28,32)/t22-/m1/s1. The van der Waals surface area contributed by atoms with Gasteiger partial charge in [-0.05, 0) is 42.7 Å². The summed E-state index contributed by atoms with van der Waals surface area (Å²) in [5.74, 6) is 0.823. The first-order valence-electron chi connectivity index (χ1n) is 11.3. The van der Waals surface area contributed by atoms with Gasteiger partial charge in [-0.15, -0.1) is 0 Å². The van der Waals surface area contributed by atoms with Gasteiger partial charge in [0, 0.05) is 32.5 Å². The number of nitrogens with zero attached hydrogens (tertiary/aromatic N) is 1. The van der Waals surface area contributed by atoms with Crippen LogP contribution in [-0.4, -0.2) is 62.1 Å². The third-order valence-electron chi connectivity index (χ3n) is 5.77. The maximum Gasteiger partial charge on any atom is 0.321 e. The fraction of sp³-hybridized carbons (Fsp3) is 0.400. The van der Waals surface area contributed by atoms with Gasteiger partial charge < -0.3 is 30.3 Å². The minimum atomic E-state index is -0.683. The van der Waals surface area contributed by atoms with Gasteiger partial charge in [0.2, 0.25) is 11.8 Å². The summed E-state index contributed by atoms with van der Waals surface area (Å²) in [7, 11) is 3.15. The smallest absolute Gasteiger partial charge is 0.321 e. The Balaban J connectivity index is 1.52. The molecule has 0 spiro atoms. The zero-order valence-corrected chi connectivity index (χ0v) is 19.8. The fourth-order valence-electron chi connectivity index (χ4n) is 3.92. The van der Waals surface area contributed by atoms with Crippen molar-refractivity contribution in [3.05, 3.63) is 54.1 Å². The van der Waals surface area contributed by atoms with Gasteiger partial charge in [0.15, 0.2) is 0 Å². The number of hydrogen-bond acceptors (Lipinski definition) is 5. The number of ether oxygens (including phenoxy) is 2. The lowest BCUT2D eigenvalue weighted by Gasteiger charge is -2.33. The molecule has 1 saturated heterocycles. The monoisotopic (exact) mass is 468 g/mol. The van der Waals surface area contributed by atoms with Crippen molar-refractivity contribution < 1.29 is 23.9 Å². The second-order valence-corrected chi connectivity index (χ2v) is 8.21. The minimum Gasteiger partial charge on any atom is -0.497 e. The molecule has 9 heteroatoms. The SMILES string of the molecule is COc1ccc(C[C@@H](NC(C)=O)C(=O)NC2CCN(C(=O)Nc3ccccc3OC)CC2)cc1. The lowest BCUT2D eigenvalue weighted by molar-refractivity contribution is -0.128. The quantitative estimate of drug-likeness (QED) is 0.552. The molecule has 2 aromatic carbocycles. The number of carbonyl (C=O) groups excluding carboxylic acids is 3.